The fraction of sp³-hybridized carbons (Fsp3) is 0.923. The molecule has 0 aromatic carbocycles. The Morgan fingerprint density at radius 3 is 2.71 bits per heavy atom. The molecule has 0 bridgehead atoms. The molecule has 3 aliphatic rings. The van der Waals surface area contributed by atoms with E-state index >= 15 is 0 Å². The summed E-state index contributed by atoms with van der Waals surface area (Å²) in [5, 5.41) is 6.46. The van der Waals surface area contributed by atoms with Crippen molar-refractivity contribution in [1.29, 1.82) is 0 Å². The van der Waals surface area contributed by atoms with Crippen LogP contribution in [-0.2, 0) is 4.79 Å². The highest BCUT2D eigenvalue weighted by atomic mass is 16.2. The lowest BCUT2D eigenvalue weighted by atomic mass is 9.88. The van der Waals surface area contributed by atoms with Gasteiger partial charge in [-0.15, -0.1) is 0 Å². The van der Waals surface area contributed by atoms with Gasteiger partial charge in [0.15, 0.2) is 0 Å². The van der Waals surface area contributed by atoms with Crippen LogP contribution >= 0.6 is 0 Å². The number of carbonyl (C=O) groups is 1. The van der Waals surface area contributed by atoms with Crippen LogP contribution in [0.1, 0.15) is 26.2 Å². The molecule has 3 fully saturated rings. The topological polar surface area (TPSA) is 44.4 Å². The minimum Gasteiger partial charge on any atom is -0.352 e. The second-order valence-corrected chi connectivity index (χ2v) is 5.93. The summed E-state index contributed by atoms with van der Waals surface area (Å²) in [5.74, 6) is 0.987. The van der Waals surface area contributed by atoms with E-state index in [9.17, 15) is 4.79 Å². The van der Waals surface area contributed by atoms with Gasteiger partial charge in [0.1, 0.15) is 0 Å². The Balaban J connectivity index is 1.44. The van der Waals surface area contributed by atoms with Crippen LogP contribution in [0, 0.1) is 11.8 Å². The Hall–Kier alpha value is -0.610. The van der Waals surface area contributed by atoms with Gasteiger partial charge in [0, 0.05) is 31.1 Å². The quantitative estimate of drug-likeness (QED) is 0.734. The molecule has 2 saturated heterocycles. The first-order valence-electron chi connectivity index (χ1n) is 6.99. The highest BCUT2D eigenvalue weighted by molar-refractivity contribution is 5.79. The van der Waals surface area contributed by atoms with E-state index < -0.39 is 0 Å². The van der Waals surface area contributed by atoms with Gasteiger partial charge < -0.3 is 10.6 Å². The molecule has 2 atom stereocenters. The molecule has 3 rings (SSSR count). The van der Waals surface area contributed by atoms with Crippen LogP contribution in [0.2, 0.25) is 0 Å². The molecule has 96 valence electrons. The SMILES string of the molecule is CC(C(=O)NC1CCN(C2CC2)C1)C1CNC1. The summed E-state index contributed by atoms with van der Waals surface area (Å²) in [6, 6.07) is 1.24. The molecule has 2 N–H and O–H groups in total. The Labute approximate surface area is 103 Å². The normalized spacial score (nSPS) is 32.2. The molecule has 0 aromatic rings. The molecule has 0 aromatic heterocycles. The van der Waals surface area contributed by atoms with Crippen molar-refractivity contribution >= 4 is 5.91 Å². The molecule has 1 amide bonds. The largest absolute Gasteiger partial charge is 0.352 e. The lowest BCUT2D eigenvalue weighted by Gasteiger charge is -2.32. The summed E-state index contributed by atoms with van der Waals surface area (Å²) >= 11 is 0. The van der Waals surface area contributed by atoms with Gasteiger partial charge in [0.25, 0.3) is 0 Å². The Bertz CT molecular complexity index is 299. The summed E-state index contributed by atoms with van der Waals surface area (Å²) in [5.41, 5.74) is 0. The molecule has 0 spiro atoms. The molecule has 2 unspecified atom stereocenters. The molecule has 1 saturated carbocycles. The molecule has 4 nitrogen and oxygen atoms in total. The molecule has 17 heavy (non-hydrogen) atoms. The first-order chi connectivity index (χ1) is 8.24. The fourth-order valence-electron chi connectivity index (χ4n) is 2.89. The van der Waals surface area contributed by atoms with Crippen molar-refractivity contribution in [3.63, 3.8) is 0 Å². The number of nitrogens with one attached hydrogen (secondary N) is 2. The number of nitrogens with zero attached hydrogens (tertiary/aromatic N) is 1. The summed E-state index contributed by atoms with van der Waals surface area (Å²) in [6.07, 6.45) is 3.87. The molecule has 2 aliphatic heterocycles. The Morgan fingerprint density at radius 2 is 2.12 bits per heavy atom. The second-order valence-electron chi connectivity index (χ2n) is 5.93. The van der Waals surface area contributed by atoms with Gasteiger partial charge in [-0.3, -0.25) is 9.69 Å². The smallest absolute Gasteiger partial charge is 0.223 e. The van der Waals surface area contributed by atoms with Gasteiger partial charge in [0.05, 0.1) is 0 Å². The summed E-state index contributed by atoms with van der Waals surface area (Å²) in [4.78, 5) is 14.6. The fourth-order valence-corrected chi connectivity index (χ4v) is 2.89. The molecular formula is C13H23N3O. The molecule has 1 aliphatic carbocycles. The van der Waals surface area contributed by atoms with Crippen LogP contribution < -0.4 is 10.6 Å². The van der Waals surface area contributed by atoms with E-state index in [1.54, 1.807) is 0 Å². The van der Waals surface area contributed by atoms with Crippen molar-refractivity contribution in [2.24, 2.45) is 11.8 Å². The first kappa shape index (κ1) is 11.5. The van der Waals surface area contributed by atoms with Crippen molar-refractivity contribution in [3.05, 3.63) is 0 Å². The predicted molar refractivity (Wildman–Crippen MR) is 66.7 cm³/mol. The van der Waals surface area contributed by atoms with Crippen LogP contribution in [0.4, 0.5) is 0 Å². The van der Waals surface area contributed by atoms with Crippen LogP contribution in [0.3, 0.4) is 0 Å². The standard InChI is InChI=1S/C13H23N3O/c1-9(10-6-14-7-10)13(17)15-11-4-5-16(8-11)12-2-3-12/h9-12,14H,2-8H2,1H3,(H,15,17). The number of rotatable bonds is 4. The zero-order valence-corrected chi connectivity index (χ0v) is 10.6. The maximum absolute atomic E-state index is 12.1. The van der Waals surface area contributed by atoms with Gasteiger partial charge >= 0.3 is 0 Å². The minimum atomic E-state index is 0.172. The van der Waals surface area contributed by atoms with E-state index in [0.29, 0.717) is 12.0 Å². The van der Waals surface area contributed by atoms with E-state index in [0.717, 1.165) is 32.1 Å². The first-order valence-corrected chi connectivity index (χ1v) is 6.99. The van der Waals surface area contributed by atoms with Crippen LogP contribution in [0.15, 0.2) is 0 Å². The van der Waals surface area contributed by atoms with Gasteiger partial charge in [-0.05, 0) is 38.3 Å². The van der Waals surface area contributed by atoms with Crippen molar-refractivity contribution in [2.75, 3.05) is 26.2 Å². The van der Waals surface area contributed by atoms with Crippen molar-refractivity contribution in [3.8, 4) is 0 Å². The summed E-state index contributed by atoms with van der Waals surface area (Å²) in [6.45, 7) is 6.33. The van der Waals surface area contributed by atoms with Crippen LogP contribution in [0.25, 0.3) is 0 Å². The third-order valence-corrected chi connectivity index (χ3v) is 4.56. The van der Waals surface area contributed by atoms with Crippen molar-refractivity contribution in [1.82, 2.24) is 15.5 Å². The Morgan fingerprint density at radius 1 is 1.35 bits per heavy atom. The van der Waals surface area contributed by atoms with E-state index in [1.165, 1.54) is 19.4 Å². The van der Waals surface area contributed by atoms with Gasteiger partial charge in [0.2, 0.25) is 5.91 Å². The van der Waals surface area contributed by atoms with Gasteiger partial charge in [-0.2, -0.15) is 0 Å². The van der Waals surface area contributed by atoms with Crippen molar-refractivity contribution < 1.29 is 4.79 Å². The monoisotopic (exact) mass is 237 g/mol. The minimum absolute atomic E-state index is 0.172. The van der Waals surface area contributed by atoms with Gasteiger partial charge in [-0.1, -0.05) is 6.92 Å². The maximum atomic E-state index is 12.1. The predicted octanol–water partition coefficient (Wildman–Crippen LogP) is 0.195. The van der Waals surface area contributed by atoms with Crippen LogP contribution in [0.5, 0.6) is 0 Å². The summed E-state index contributed by atoms with van der Waals surface area (Å²) < 4.78 is 0. The highest BCUT2D eigenvalue weighted by Gasteiger charge is 2.36. The molecule has 4 heteroatoms. The molecule has 0 radical (unpaired) electrons. The van der Waals surface area contributed by atoms with Crippen LogP contribution in [-0.4, -0.2) is 49.1 Å². The second kappa shape index (κ2) is 4.58. The third-order valence-electron chi connectivity index (χ3n) is 4.56. The zero-order chi connectivity index (χ0) is 11.8. The number of amides is 1. The van der Waals surface area contributed by atoms with E-state index in [1.807, 2.05) is 0 Å². The number of carbonyl (C=O) groups excluding carboxylic acids is 1. The lowest BCUT2D eigenvalue weighted by molar-refractivity contribution is -0.127. The number of likely N-dealkylation sites (tertiary alicyclic amines) is 1. The highest BCUT2D eigenvalue weighted by Crippen LogP contribution is 2.29. The van der Waals surface area contributed by atoms with Crippen molar-refractivity contribution in [2.45, 2.75) is 38.3 Å². The summed E-state index contributed by atoms with van der Waals surface area (Å²) in [7, 11) is 0. The third kappa shape index (κ3) is 2.47. The Kier molecular flexibility index (Phi) is 3.09. The lowest BCUT2D eigenvalue weighted by Crippen LogP contribution is -2.51. The number of hydrogen-bond donors (Lipinski definition) is 2. The maximum Gasteiger partial charge on any atom is 0.223 e. The molecule has 2 heterocycles. The van der Waals surface area contributed by atoms with Gasteiger partial charge in [-0.25, -0.2) is 0 Å². The molecular weight excluding hydrogens is 214 g/mol. The number of hydrogen-bond acceptors (Lipinski definition) is 3. The zero-order valence-electron chi connectivity index (χ0n) is 10.6. The average Bonchev–Trinajstić information content (AvgIpc) is 2.98. The van der Waals surface area contributed by atoms with E-state index in [-0.39, 0.29) is 11.8 Å². The average molecular weight is 237 g/mol. The van der Waals surface area contributed by atoms with E-state index in [4.69, 9.17) is 0 Å². The van der Waals surface area contributed by atoms with E-state index in [2.05, 4.69) is 22.5 Å².